The summed E-state index contributed by atoms with van der Waals surface area (Å²) in [5.41, 5.74) is 12.8. The molecule has 0 bridgehead atoms. The zero-order valence-electron chi connectivity index (χ0n) is 18.6. The quantitative estimate of drug-likeness (QED) is 0.525. The average Bonchev–Trinajstić information content (AvgIpc) is 2.73. The second-order valence-corrected chi connectivity index (χ2v) is 8.56. The molecule has 0 radical (unpaired) electrons. The lowest BCUT2D eigenvalue weighted by atomic mass is 9.87. The molecule has 0 saturated heterocycles. The minimum absolute atomic E-state index is 0.0529. The molecule has 6 N–H and O–H groups in total. The summed E-state index contributed by atoms with van der Waals surface area (Å²) >= 11 is 0. The van der Waals surface area contributed by atoms with Crippen LogP contribution in [0.3, 0.4) is 0 Å². The molecule has 0 aliphatic carbocycles. The van der Waals surface area contributed by atoms with Gasteiger partial charge in [-0.3, -0.25) is 14.9 Å². The van der Waals surface area contributed by atoms with Gasteiger partial charge in [0.25, 0.3) is 17.6 Å². The Balaban J connectivity index is 1.82. The molecule has 1 aromatic heterocycles. The molecule has 2 aromatic carbocycles. The van der Waals surface area contributed by atoms with E-state index < -0.39 is 17.9 Å². The number of anilines is 1. The summed E-state index contributed by atoms with van der Waals surface area (Å²) in [6.45, 7) is 8.10. The molecular weight excluding hydrogens is 406 g/mol. The van der Waals surface area contributed by atoms with E-state index in [2.05, 4.69) is 48.2 Å². The molecular formula is C24H28N5O3+. The molecule has 2 amide bonds. The zero-order valence-corrected chi connectivity index (χ0v) is 18.6. The van der Waals surface area contributed by atoms with Gasteiger partial charge < -0.3 is 16.2 Å². The molecule has 0 unspecified atom stereocenters. The number of carbonyl (C=O) groups is 2. The van der Waals surface area contributed by atoms with E-state index >= 15 is 0 Å². The smallest absolute Gasteiger partial charge is 0.284 e. The number of carbonyl (C=O) groups excluding carboxylic acids is 2. The number of nitrogens with one attached hydrogen (secondary N) is 2. The van der Waals surface area contributed by atoms with Gasteiger partial charge in [-0.05, 0) is 54.3 Å². The predicted molar refractivity (Wildman–Crippen MR) is 122 cm³/mol. The van der Waals surface area contributed by atoms with Crippen LogP contribution in [0.4, 0.5) is 5.82 Å². The number of aromatic amines is 1. The minimum atomic E-state index is -0.686. The van der Waals surface area contributed by atoms with E-state index in [0.29, 0.717) is 23.0 Å². The van der Waals surface area contributed by atoms with Crippen molar-refractivity contribution in [2.24, 2.45) is 11.5 Å². The maximum Gasteiger partial charge on any atom is 0.284 e. The molecule has 1 heterocycles. The van der Waals surface area contributed by atoms with E-state index in [-0.39, 0.29) is 11.1 Å². The lowest BCUT2D eigenvalue weighted by Gasteiger charge is -2.19. The monoisotopic (exact) mass is 434 g/mol. The fourth-order valence-electron chi connectivity index (χ4n) is 2.97. The maximum absolute atomic E-state index is 11.7. The van der Waals surface area contributed by atoms with Gasteiger partial charge in [-0.1, -0.05) is 37.9 Å². The van der Waals surface area contributed by atoms with Crippen LogP contribution in [0.5, 0.6) is 11.5 Å². The average molecular weight is 435 g/mol. The van der Waals surface area contributed by atoms with Gasteiger partial charge in [0.15, 0.2) is 0 Å². The summed E-state index contributed by atoms with van der Waals surface area (Å²) < 4.78 is 5.93. The molecule has 8 nitrogen and oxygen atoms in total. The van der Waals surface area contributed by atoms with Crippen LogP contribution in [0.25, 0.3) is 11.4 Å². The number of rotatable bonds is 7. The highest BCUT2D eigenvalue weighted by Crippen LogP contribution is 2.28. The first-order chi connectivity index (χ1) is 15.0. The number of hydrogen-bond donors (Lipinski definition) is 3. The summed E-state index contributed by atoms with van der Waals surface area (Å²) in [7, 11) is 0. The molecule has 0 fully saturated rings. The SMILES string of the molecule is C[C@H](Nc1cc(C(N)=O)nc(-c2ccc(Oc3ccc(C(C)(C)C)cc3)cc2)[nH+]1)C(N)=O. The van der Waals surface area contributed by atoms with Crippen molar-refractivity contribution in [2.75, 3.05) is 5.32 Å². The highest BCUT2D eigenvalue weighted by molar-refractivity contribution is 5.92. The van der Waals surface area contributed by atoms with Crippen LogP contribution in [0.2, 0.25) is 0 Å². The van der Waals surface area contributed by atoms with Crippen LogP contribution >= 0.6 is 0 Å². The van der Waals surface area contributed by atoms with E-state index in [9.17, 15) is 9.59 Å². The van der Waals surface area contributed by atoms with Gasteiger partial charge in [-0.25, -0.2) is 4.98 Å². The van der Waals surface area contributed by atoms with Crippen molar-refractivity contribution < 1.29 is 19.3 Å². The second-order valence-electron chi connectivity index (χ2n) is 8.56. The molecule has 3 aromatic rings. The second kappa shape index (κ2) is 9.05. The molecule has 0 spiro atoms. The third-order valence-electron chi connectivity index (χ3n) is 4.90. The van der Waals surface area contributed by atoms with Crippen molar-refractivity contribution in [1.29, 1.82) is 0 Å². The molecule has 0 aliphatic rings. The largest absolute Gasteiger partial charge is 0.457 e. The Morgan fingerprint density at radius 3 is 2.06 bits per heavy atom. The van der Waals surface area contributed by atoms with Crippen LogP contribution in [0, 0.1) is 0 Å². The molecule has 0 aliphatic heterocycles. The third-order valence-corrected chi connectivity index (χ3v) is 4.90. The van der Waals surface area contributed by atoms with E-state index in [4.69, 9.17) is 16.2 Å². The van der Waals surface area contributed by atoms with Crippen LogP contribution in [0.1, 0.15) is 43.7 Å². The molecule has 1 atom stereocenters. The summed E-state index contributed by atoms with van der Waals surface area (Å²) in [6.07, 6.45) is 0. The van der Waals surface area contributed by atoms with Crippen LogP contribution < -0.4 is 26.5 Å². The number of nitrogens with zero attached hydrogens (tertiary/aromatic N) is 1. The Morgan fingerprint density at radius 2 is 1.56 bits per heavy atom. The van der Waals surface area contributed by atoms with Gasteiger partial charge in [-0.15, -0.1) is 0 Å². The first-order valence-corrected chi connectivity index (χ1v) is 10.2. The van der Waals surface area contributed by atoms with Gasteiger partial charge in [-0.2, -0.15) is 0 Å². The van der Waals surface area contributed by atoms with Gasteiger partial charge in [0.1, 0.15) is 17.5 Å². The van der Waals surface area contributed by atoms with Gasteiger partial charge >= 0.3 is 0 Å². The molecule has 0 saturated carbocycles. The van der Waals surface area contributed by atoms with Crippen molar-refractivity contribution in [3.05, 3.63) is 65.9 Å². The lowest BCUT2D eigenvalue weighted by molar-refractivity contribution is -0.352. The van der Waals surface area contributed by atoms with Crippen molar-refractivity contribution in [3.8, 4) is 22.9 Å². The predicted octanol–water partition coefficient (Wildman–Crippen LogP) is 3.04. The van der Waals surface area contributed by atoms with Crippen molar-refractivity contribution >= 4 is 17.6 Å². The van der Waals surface area contributed by atoms with Crippen LogP contribution in [-0.4, -0.2) is 22.8 Å². The molecule has 8 heteroatoms. The molecule has 3 rings (SSSR count). The summed E-state index contributed by atoms with van der Waals surface area (Å²) in [4.78, 5) is 30.4. The zero-order chi connectivity index (χ0) is 23.5. The topological polar surface area (TPSA) is 134 Å². The van der Waals surface area contributed by atoms with E-state index in [1.807, 2.05) is 24.3 Å². The Hall–Kier alpha value is -3.94. The first kappa shape index (κ1) is 22.7. The van der Waals surface area contributed by atoms with E-state index in [0.717, 1.165) is 5.75 Å². The molecule has 32 heavy (non-hydrogen) atoms. The number of nitrogens with two attached hydrogens (primary N) is 2. The van der Waals surface area contributed by atoms with E-state index in [1.165, 1.54) is 11.6 Å². The number of primary amides is 2. The lowest BCUT2D eigenvalue weighted by Crippen LogP contribution is -2.35. The Morgan fingerprint density at radius 1 is 1.00 bits per heavy atom. The fraction of sp³-hybridized carbons (Fsp3) is 0.250. The van der Waals surface area contributed by atoms with Gasteiger partial charge in [0.05, 0.1) is 11.6 Å². The van der Waals surface area contributed by atoms with Gasteiger partial charge in [0.2, 0.25) is 11.5 Å². The maximum atomic E-state index is 11.7. The number of H-pyrrole nitrogens is 1. The van der Waals surface area contributed by atoms with Crippen LogP contribution in [-0.2, 0) is 10.2 Å². The molecule has 166 valence electrons. The van der Waals surface area contributed by atoms with Crippen molar-refractivity contribution in [3.63, 3.8) is 0 Å². The number of aromatic nitrogens is 2. The minimum Gasteiger partial charge on any atom is -0.457 e. The number of ether oxygens (including phenoxy) is 1. The standard InChI is InChI=1S/C24H27N5O3/c1-14(21(25)30)27-20-13-19(22(26)31)28-23(29-20)15-5-9-17(10-6-15)32-18-11-7-16(8-12-18)24(2,3)4/h5-14H,1-4H3,(H2,25,30)(H2,26,31)(H,27,28,29)/p+1/t14-/m0/s1. The Kier molecular flexibility index (Phi) is 6.43. The Labute approximate surface area is 187 Å². The first-order valence-electron chi connectivity index (χ1n) is 10.2. The summed E-state index contributed by atoms with van der Waals surface area (Å²) in [5.74, 6) is 0.973. The highest BCUT2D eigenvalue weighted by atomic mass is 16.5. The van der Waals surface area contributed by atoms with Crippen molar-refractivity contribution in [2.45, 2.75) is 39.2 Å². The van der Waals surface area contributed by atoms with Crippen LogP contribution in [0.15, 0.2) is 54.6 Å². The summed E-state index contributed by atoms with van der Waals surface area (Å²) in [6, 6.07) is 16.0. The number of hydrogen-bond acceptors (Lipinski definition) is 5. The van der Waals surface area contributed by atoms with E-state index in [1.54, 1.807) is 19.1 Å². The van der Waals surface area contributed by atoms with Crippen molar-refractivity contribution in [1.82, 2.24) is 4.98 Å². The Bertz CT molecular complexity index is 1120. The third kappa shape index (κ3) is 5.60. The summed E-state index contributed by atoms with van der Waals surface area (Å²) in [5, 5.41) is 2.90. The fourth-order valence-corrected chi connectivity index (χ4v) is 2.97. The number of amides is 2. The normalized spacial score (nSPS) is 12.1. The van der Waals surface area contributed by atoms with Gasteiger partial charge in [0, 0.05) is 0 Å². The number of benzene rings is 2. The highest BCUT2D eigenvalue weighted by Gasteiger charge is 2.20.